The molecule has 2 aliphatic rings. The van der Waals surface area contributed by atoms with E-state index in [-0.39, 0.29) is 97.6 Å². The molecule has 0 aliphatic carbocycles. The summed E-state index contributed by atoms with van der Waals surface area (Å²) in [5.41, 5.74) is 4.12. The van der Waals surface area contributed by atoms with Gasteiger partial charge in [-0.3, -0.25) is 33.9 Å². The second kappa shape index (κ2) is 25.6. The number of Topliss-reactive ketones (excluding diaryl/α,β-unsaturated/α-hetero) is 1. The Hall–Kier alpha value is -6.98. The minimum absolute atomic E-state index is 0.00157. The van der Waals surface area contributed by atoms with Crippen molar-refractivity contribution in [3.05, 3.63) is 204 Å². The molecule has 7 rings (SSSR count). The van der Waals surface area contributed by atoms with Crippen LogP contribution >= 0.6 is 0 Å². The van der Waals surface area contributed by atoms with Crippen LogP contribution in [-0.4, -0.2) is 114 Å². The molecular weight excluding hydrogens is 891 g/mol. The first kappa shape index (κ1) is 50.9. The first-order chi connectivity index (χ1) is 34.1. The van der Waals surface area contributed by atoms with Crippen LogP contribution in [0, 0.1) is 0 Å². The number of nitrogens with zero attached hydrogens (tertiary/aromatic N) is 4. The molecule has 1 amide bonds. The Balaban J connectivity index is 1.01. The van der Waals surface area contributed by atoms with E-state index in [1.54, 1.807) is 17.1 Å². The maximum Gasteiger partial charge on any atom is 0.327 e. The van der Waals surface area contributed by atoms with Crippen LogP contribution < -0.4 is 5.32 Å². The van der Waals surface area contributed by atoms with Gasteiger partial charge >= 0.3 is 23.7 Å². The molecule has 0 bridgehead atoms. The van der Waals surface area contributed by atoms with E-state index >= 15 is 0 Å². The van der Waals surface area contributed by atoms with Gasteiger partial charge in [-0.2, -0.15) is 14.3 Å². The number of carbonyl (C=O) groups excluding carboxylic acids is 4. The first-order valence-electron chi connectivity index (χ1n) is 23.6. The Kier molecular flexibility index (Phi) is 18.6. The Labute approximate surface area is 410 Å². The molecule has 1 unspecified atom stereocenters. The molecule has 0 radical (unpaired) electrons. The normalized spacial score (nSPS) is 15.8. The van der Waals surface area contributed by atoms with Gasteiger partial charge in [0.1, 0.15) is 65.7 Å². The third kappa shape index (κ3) is 14.8. The third-order valence-electron chi connectivity index (χ3n) is 12.7. The number of ether oxygens (including phenoxy) is 2. The number of ketones is 1. The summed E-state index contributed by atoms with van der Waals surface area (Å²) in [6, 6.07) is 46.9. The van der Waals surface area contributed by atoms with Crippen LogP contribution in [0.5, 0.6) is 0 Å². The predicted molar refractivity (Wildman–Crippen MR) is 260 cm³/mol. The maximum atomic E-state index is 13.7. The van der Waals surface area contributed by atoms with E-state index < -0.39 is 11.9 Å². The summed E-state index contributed by atoms with van der Waals surface area (Å²) >= 11 is 0. The molecular formula is C55H63N5O10+2. The zero-order chi connectivity index (χ0) is 49.0. The van der Waals surface area contributed by atoms with Gasteiger partial charge in [0.05, 0.1) is 26.2 Å². The Bertz CT molecular complexity index is 2360. The minimum atomic E-state index is -0.513. The molecule has 2 aliphatic heterocycles. The van der Waals surface area contributed by atoms with Crippen molar-refractivity contribution in [1.29, 1.82) is 0 Å². The minimum Gasteiger partial charge on any atom is -0.460 e. The van der Waals surface area contributed by atoms with Gasteiger partial charge in [0.15, 0.2) is 11.8 Å². The van der Waals surface area contributed by atoms with Crippen LogP contribution in [0.1, 0.15) is 45.5 Å². The van der Waals surface area contributed by atoms with Gasteiger partial charge < -0.3 is 14.8 Å². The number of esters is 2. The molecule has 2 heterocycles. The number of amides is 1. The van der Waals surface area contributed by atoms with Crippen molar-refractivity contribution in [3.8, 4) is 0 Å². The number of benzene rings is 5. The SMILES string of the molecule is C=C(OOCc1ccccc1)[N+]1(C(=C)OOCc2ccccc2)CC1CCC(=O)NCC[N+]1(N(CC(=O)OCc2ccccc2)CC(=O)OCc2ccccc2)CCN(CC(=O)c2ccccc2)CC1. The van der Waals surface area contributed by atoms with Crippen molar-refractivity contribution in [2.45, 2.75) is 45.3 Å². The summed E-state index contributed by atoms with van der Waals surface area (Å²) < 4.78 is 11.7. The molecule has 0 spiro atoms. The predicted octanol–water partition coefficient (Wildman–Crippen LogP) is 7.04. The van der Waals surface area contributed by atoms with Crippen molar-refractivity contribution in [1.82, 2.24) is 15.2 Å². The molecule has 15 nitrogen and oxygen atoms in total. The molecule has 0 saturated carbocycles. The van der Waals surface area contributed by atoms with E-state index in [4.69, 9.17) is 29.0 Å². The molecule has 366 valence electrons. The molecule has 2 saturated heterocycles. The van der Waals surface area contributed by atoms with Crippen molar-refractivity contribution in [2.24, 2.45) is 0 Å². The van der Waals surface area contributed by atoms with Crippen molar-refractivity contribution >= 4 is 23.6 Å². The second-order valence-electron chi connectivity index (χ2n) is 17.5. The van der Waals surface area contributed by atoms with Gasteiger partial charge in [0, 0.05) is 31.6 Å². The molecule has 15 heteroatoms. The highest BCUT2D eigenvalue weighted by molar-refractivity contribution is 5.97. The molecule has 2 fully saturated rings. The highest BCUT2D eigenvalue weighted by Crippen LogP contribution is 2.45. The van der Waals surface area contributed by atoms with E-state index in [0.717, 1.165) is 22.3 Å². The fraction of sp³-hybridized carbons (Fsp3) is 0.309. The summed E-state index contributed by atoms with van der Waals surface area (Å²) in [7, 11) is 0. The summed E-state index contributed by atoms with van der Waals surface area (Å²) in [6.07, 6.45) is 0.600. The fourth-order valence-electron chi connectivity index (χ4n) is 8.57. The van der Waals surface area contributed by atoms with E-state index in [1.165, 1.54) is 0 Å². The lowest BCUT2D eigenvalue weighted by molar-refractivity contribution is -1.03. The van der Waals surface area contributed by atoms with Gasteiger partial charge in [-0.1, -0.05) is 152 Å². The van der Waals surface area contributed by atoms with Crippen LogP contribution in [0.3, 0.4) is 0 Å². The van der Waals surface area contributed by atoms with Gasteiger partial charge in [0.2, 0.25) is 5.91 Å². The van der Waals surface area contributed by atoms with Crippen LogP contribution in [0.2, 0.25) is 0 Å². The molecule has 1 N–H and O–H groups in total. The number of rotatable bonds is 28. The molecule has 5 aromatic carbocycles. The Morgan fingerprint density at radius 1 is 0.600 bits per heavy atom. The van der Waals surface area contributed by atoms with Gasteiger partial charge in [-0.15, -0.1) is 5.01 Å². The van der Waals surface area contributed by atoms with Crippen molar-refractivity contribution < 1.29 is 57.3 Å². The fourth-order valence-corrected chi connectivity index (χ4v) is 8.57. The quantitative estimate of drug-likeness (QED) is 0.0105. The zero-order valence-corrected chi connectivity index (χ0v) is 39.6. The average molecular weight is 954 g/mol. The van der Waals surface area contributed by atoms with Crippen LogP contribution in [0.4, 0.5) is 0 Å². The maximum absolute atomic E-state index is 13.7. The lowest BCUT2D eigenvalue weighted by Crippen LogP contribution is -2.70. The highest BCUT2D eigenvalue weighted by atomic mass is 17.2. The third-order valence-corrected chi connectivity index (χ3v) is 12.7. The van der Waals surface area contributed by atoms with E-state index in [1.807, 2.05) is 140 Å². The molecule has 5 aromatic rings. The van der Waals surface area contributed by atoms with Gasteiger partial charge in [-0.25, -0.2) is 4.59 Å². The number of nitrogens with one attached hydrogen (secondary N) is 1. The molecule has 1 atom stereocenters. The highest BCUT2D eigenvalue weighted by Gasteiger charge is 2.64. The van der Waals surface area contributed by atoms with Crippen LogP contribution in [0.15, 0.2) is 177 Å². The molecule has 0 aromatic heterocycles. The lowest BCUT2D eigenvalue weighted by Gasteiger charge is -2.49. The van der Waals surface area contributed by atoms with E-state index in [0.29, 0.717) is 51.3 Å². The second-order valence-corrected chi connectivity index (χ2v) is 17.5. The van der Waals surface area contributed by atoms with Gasteiger partial charge in [-0.05, 0) is 22.3 Å². The number of hydrogen-bond donors (Lipinski definition) is 1. The summed E-state index contributed by atoms with van der Waals surface area (Å²) in [6.45, 7) is 11.6. The van der Waals surface area contributed by atoms with Crippen LogP contribution in [-0.2, 0) is 69.8 Å². The van der Waals surface area contributed by atoms with Gasteiger partial charge in [0.25, 0.3) is 0 Å². The smallest absolute Gasteiger partial charge is 0.327 e. The molecule has 70 heavy (non-hydrogen) atoms. The number of carbonyl (C=O) groups is 4. The summed E-state index contributed by atoms with van der Waals surface area (Å²) in [5.74, 6) is -0.723. The topological polar surface area (TPSA) is 142 Å². The van der Waals surface area contributed by atoms with E-state index in [2.05, 4.69) is 23.4 Å². The zero-order valence-electron chi connectivity index (χ0n) is 39.6. The van der Waals surface area contributed by atoms with Crippen molar-refractivity contribution in [2.75, 3.05) is 65.4 Å². The first-order valence-corrected chi connectivity index (χ1v) is 23.6. The standard InChI is InChI=1S/C55H62N5O10/c1-44(69-67-42-48-22-12-5-13-23-48)60(45(2)70-68-43-49-24-14-6-15-25-49)39-51(60)28-29-53(62)56-30-33-59(34-31-57(32-35-59)36-52(61)50-26-16-7-17-27-50)58(37-54(63)65-40-46-18-8-3-9-19-46)38-55(64)66-41-47-20-10-4-11-21-47/h3-27,51H,1-2,28-43H2/q+1/p+1. The lowest BCUT2D eigenvalue weighted by atomic mass is 10.1. The van der Waals surface area contributed by atoms with Crippen molar-refractivity contribution in [3.63, 3.8) is 0 Å². The number of quaternary nitrogens is 2. The largest absolute Gasteiger partial charge is 0.460 e. The average Bonchev–Trinajstić information content (AvgIpc) is 4.14. The Morgan fingerprint density at radius 2 is 1.03 bits per heavy atom. The summed E-state index contributed by atoms with van der Waals surface area (Å²) in [5, 5.41) is 4.89. The summed E-state index contributed by atoms with van der Waals surface area (Å²) in [4.78, 5) is 79.1. The van der Waals surface area contributed by atoms with Crippen LogP contribution in [0.25, 0.3) is 0 Å². The van der Waals surface area contributed by atoms with E-state index in [9.17, 15) is 19.2 Å². The Morgan fingerprint density at radius 3 is 1.49 bits per heavy atom. The number of piperazine rings is 1. The monoisotopic (exact) mass is 953 g/mol. The number of hydrogen-bond acceptors (Lipinski definition) is 12.